The molecule has 0 aliphatic rings. The molecule has 112 valence electrons. The summed E-state index contributed by atoms with van der Waals surface area (Å²) >= 11 is 5.97. The summed E-state index contributed by atoms with van der Waals surface area (Å²) < 4.78 is 27.7. The van der Waals surface area contributed by atoms with Crippen LogP contribution < -0.4 is 10.5 Å². The summed E-state index contributed by atoms with van der Waals surface area (Å²) in [6, 6.07) is 2.54. The number of anilines is 1. The van der Waals surface area contributed by atoms with E-state index in [9.17, 15) is 13.2 Å². The van der Waals surface area contributed by atoms with E-state index in [1.54, 1.807) is 6.92 Å². The second kappa shape index (κ2) is 6.53. The number of carbonyl (C=O) groups is 1. The molecule has 20 heavy (non-hydrogen) atoms. The number of ether oxygens (including phenoxy) is 1. The molecule has 0 saturated heterocycles. The molecule has 1 amide bonds. The Bertz CT molecular complexity index is 591. The largest absolute Gasteiger partial charge is 0.369 e. The number of carbonyl (C=O) groups excluding carboxylic acids is 1. The molecule has 0 spiro atoms. The van der Waals surface area contributed by atoms with Crippen LogP contribution in [-0.2, 0) is 19.6 Å². The molecular weight excluding hydrogens is 304 g/mol. The first-order valence-electron chi connectivity index (χ1n) is 5.85. The SMILES string of the molecule is Cc1cc(S(N)(=O)=O)cc(Cl)c1NC(=O)COC(C)C. The maximum absolute atomic E-state index is 11.7. The highest BCUT2D eigenvalue weighted by Crippen LogP contribution is 2.29. The number of primary sulfonamides is 1. The van der Waals surface area contributed by atoms with E-state index in [0.29, 0.717) is 11.3 Å². The van der Waals surface area contributed by atoms with Crippen molar-refractivity contribution in [3.63, 3.8) is 0 Å². The minimum absolute atomic E-state index is 0.0675. The molecule has 0 aliphatic carbocycles. The van der Waals surface area contributed by atoms with Gasteiger partial charge in [-0.1, -0.05) is 11.6 Å². The van der Waals surface area contributed by atoms with Crippen molar-refractivity contribution in [3.8, 4) is 0 Å². The van der Waals surface area contributed by atoms with Gasteiger partial charge in [0.2, 0.25) is 15.9 Å². The number of halogens is 1. The highest BCUT2D eigenvalue weighted by molar-refractivity contribution is 7.89. The molecule has 0 bridgehead atoms. The van der Waals surface area contributed by atoms with Gasteiger partial charge in [-0.3, -0.25) is 4.79 Å². The third-order valence-electron chi connectivity index (χ3n) is 2.40. The van der Waals surface area contributed by atoms with Crippen molar-refractivity contribution < 1.29 is 17.9 Å². The monoisotopic (exact) mass is 320 g/mol. The molecule has 0 aliphatic heterocycles. The second-order valence-corrected chi connectivity index (χ2v) is 6.52. The first-order valence-corrected chi connectivity index (χ1v) is 7.78. The zero-order valence-electron chi connectivity index (χ0n) is 11.4. The summed E-state index contributed by atoms with van der Waals surface area (Å²) in [4.78, 5) is 11.6. The fraction of sp³-hybridized carbons (Fsp3) is 0.417. The van der Waals surface area contributed by atoms with Gasteiger partial charge in [0.25, 0.3) is 0 Å². The zero-order chi connectivity index (χ0) is 15.5. The molecule has 0 fully saturated rings. The lowest BCUT2D eigenvalue weighted by atomic mass is 10.2. The number of benzene rings is 1. The Kier molecular flexibility index (Phi) is 5.52. The fourth-order valence-corrected chi connectivity index (χ4v) is 2.45. The Morgan fingerprint density at radius 2 is 2.05 bits per heavy atom. The summed E-state index contributed by atoms with van der Waals surface area (Å²) in [5, 5.41) is 7.72. The molecule has 1 aromatic rings. The van der Waals surface area contributed by atoms with Crippen LogP contribution in [0.4, 0.5) is 5.69 Å². The van der Waals surface area contributed by atoms with E-state index in [4.69, 9.17) is 21.5 Å². The van der Waals surface area contributed by atoms with E-state index in [1.165, 1.54) is 12.1 Å². The number of nitrogens with one attached hydrogen (secondary N) is 1. The molecule has 3 N–H and O–H groups in total. The predicted molar refractivity (Wildman–Crippen MR) is 77.3 cm³/mol. The van der Waals surface area contributed by atoms with E-state index in [1.807, 2.05) is 13.8 Å². The minimum Gasteiger partial charge on any atom is -0.369 e. The number of nitrogens with two attached hydrogens (primary N) is 1. The second-order valence-electron chi connectivity index (χ2n) is 4.55. The number of sulfonamides is 1. The average molecular weight is 321 g/mol. The van der Waals surface area contributed by atoms with Gasteiger partial charge in [0.05, 0.1) is 21.7 Å². The minimum atomic E-state index is -3.84. The summed E-state index contributed by atoms with van der Waals surface area (Å²) in [6.07, 6.45) is -0.0675. The Balaban J connectivity index is 2.95. The van der Waals surface area contributed by atoms with Crippen molar-refractivity contribution in [1.29, 1.82) is 0 Å². The molecule has 1 aromatic carbocycles. The van der Waals surface area contributed by atoms with Crippen LogP contribution in [0.1, 0.15) is 19.4 Å². The van der Waals surface area contributed by atoms with Crippen LogP contribution in [0.5, 0.6) is 0 Å². The third-order valence-corrected chi connectivity index (χ3v) is 3.59. The molecule has 1 rings (SSSR count). The van der Waals surface area contributed by atoms with Crippen LogP contribution in [0.2, 0.25) is 5.02 Å². The van der Waals surface area contributed by atoms with Crippen LogP contribution in [0.15, 0.2) is 17.0 Å². The van der Waals surface area contributed by atoms with Gasteiger partial charge in [0, 0.05) is 0 Å². The van der Waals surface area contributed by atoms with Gasteiger partial charge in [-0.05, 0) is 38.5 Å². The van der Waals surface area contributed by atoms with Gasteiger partial charge in [0.15, 0.2) is 0 Å². The standard InChI is InChI=1S/C12H17ClN2O4S/c1-7(2)19-6-11(16)15-12-8(3)4-9(5-10(12)13)20(14,17)18/h4-5,7H,6H2,1-3H3,(H,15,16)(H2,14,17,18). The summed E-state index contributed by atoms with van der Waals surface area (Å²) in [5.41, 5.74) is 0.843. The van der Waals surface area contributed by atoms with Crippen LogP contribution in [0, 0.1) is 6.92 Å². The quantitative estimate of drug-likeness (QED) is 0.862. The summed E-state index contributed by atoms with van der Waals surface area (Å²) in [5.74, 6) is -0.368. The van der Waals surface area contributed by atoms with Gasteiger partial charge in [0.1, 0.15) is 6.61 Å². The number of hydrogen-bond acceptors (Lipinski definition) is 4. The van der Waals surface area contributed by atoms with Gasteiger partial charge < -0.3 is 10.1 Å². The number of aryl methyl sites for hydroxylation is 1. The van der Waals surface area contributed by atoms with E-state index in [2.05, 4.69) is 5.32 Å². The van der Waals surface area contributed by atoms with E-state index < -0.39 is 10.0 Å². The highest BCUT2D eigenvalue weighted by Gasteiger charge is 2.15. The molecule has 0 unspecified atom stereocenters. The Morgan fingerprint density at radius 3 is 2.50 bits per heavy atom. The summed E-state index contributed by atoms with van der Waals surface area (Å²) in [7, 11) is -3.84. The van der Waals surface area contributed by atoms with Gasteiger partial charge in [-0.15, -0.1) is 0 Å². The van der Waals surface area contributed by atoms with E-state index in [-0.39, 0.29) is 28.5 Å². The van der Waals surface area contributed by atoms with E-state index >= 15 is 0 Å². The first kappa shape index (κ1) is 16.9. The molecule has 0 aromatic heterocycles. The molecular formula is C12H17ClN2O4S. The number of hydrogen-bond donors (Lipinski definition) is 2. The molecule has 0 radical (unpaired) electrons. The van der Waals surface area contributed by atoms with Gasteiger partial charge in [-0.25, -0.2) is 13.6 Å². The molecule has 0 atom stereocenters. The molecule has 8 heteroatoms. The highest BCUT2D eigenvalue weighted by atomic mass is 35.5. The van der Waals surface area contributed by atoms with Crippen molar-refractivity contribution in [1.82, 2.24) is 0 Å². The molecule has 0 heterocycles. The van der Waals surface area contributed by atoms with Crippen molar-refractivity contribution in [3.05, 3.63) is 22.7 Å². The normalized spacial score (nSPS) is 11.7. The Morgan fingerprint density at radius 1 is 1.45 bits per heavy atom. The molecule has 0 saturated carbocycles. The third kappa shape index (κ3) is 4.75. The first-order chi connectivity index (χ1) is 9.11. The van der Waals surface area contributed by atoms with Crippen molar-refractivity contribution in [2.45, 2.75) is 31.8 Å². The molecule has 6 nitrogen and oxygen atoms in total. The lowest BCUT2D eigenvalue weighted by Crippen LogP contribution is -2.21. The number of amides is 1. The predicted octanol–water partition coefficient (Wildman–Crippen LogP) is 1.66. The smallest absolute Gasteiger partial charge is 0.250 e. The van der Waals surface area contributed by atoms with Crippen LogP contribution in [0.3, 0.4) is 0 Å². The topological polar surface area (TPSA) is 98.5 Å². The van der Waals surface area contributed by atoms with E-state index in [0.717, 1.165) is 0 Å². The number of rotatable bonds is 5. The maximum atomic E-state index is 11.7. The van der Waals surface area contributed by atoms with Crippen molar-refractivity contribution >= 4 is 33.2 Å². The van der Waals surface area contributed by atoms with Crippen LogP contribution in [-0.4, -0.2) is 27.0 Å². The van der Waals surface area contributed by atoms with Crippen molar-refractivity contribution in [2.75, 3.05) is 11.9 Å². The maximum Gasteiger partial charge on any atom is 0.250 e. The van der Waals surface area contributed by atoms with Gasteiger partial charge in [-0.2, -0.15) is 0 Å². The lowest BCUT2D eigenvalue weighted by Gasteiger charge is -2.13. The zero-order valence-corrected chi connectivity index (χ0v) is 13.0. The van der Waals surface area contributed by atoms with Crippen molar-refractivity contribution in [2.24, 2.45) is 5.14 Å². The summed E-state index contributed by atoms with van der Waals surface area (Å²) in [6.45, 7) is 5.14. The van der Waals surface area contributed by atoms with Gasteiger partial charge >= 0.3 is 0 Å². The fourth-order valence-electron chi connectivity index (χ4n) is 1.45. The lowest BCUT2D eigenvalue weighted by molar-refractivity contribution is -0.121. The Labute approximate surface area is 123 Å². The average Bonchev–Trinajstić information content (AvgIpc) is 2.29. The van der Waals surface area contributed by atoms with Crippen LogP contribution >= 0.6 is 11.6 Å². The van der Waals surface area contributed by atoms with Crippen LogP contribution in [0.25, 0.3) is 0 Å². The Hall–Kier alpha value is -1.15.